The van der Waals surface area contributed by atoms with Gasteiger partial charge < -0.3 is 4.90 Å². The molecule has 2 rings (SSSR count). The van der Waals surface area contributed by atoms with Gasteiger partial charge in [0.05, 0.1) is 4.90 Å². The smallest absolute Gasteiger partial charge is 0.254 e. The second-order valence-electron chi connectivity index (χ2n) is 5.76. The molecule has 0 saturated heterocycles. The Bertz CT molecular complexity index is 849. The van der Waals surface area contributed by atoms with Gasteiger partial charge in [-0.05, 0) is 48.9 Å². The highest BCUT2D eigenvalue weighted by atomic mass is 35.5. The number of nitrogens with zero attached hydrogens (tertiary/aromatic N) is 2. The van der Waals surface area contributed by atoms with E-state index in [9.17, 15) is 13.2 Å². The second-order valence-corrected chi connectivity index (χ2v) is 8.35. The molecule has 2 aromatic carbocycles. The first-order valence-corrected chi connectivity index (χ1v) is 9.64. The summed E-state index contributed by atoms with van der Waals surface area (Å²) >= 11 is 5.99. The third kappa shape index (κ3) is 4.60. The van der Waals surface area contributed by atoms with E-state index in [1.807, 2.05) is 25.1 Å². The van der Waals surface area contributed by atoms with Crippen LogP contribution in [0.3, 0.4) is 0 Å². The summed E-state index contributed by atoms with van der Waals surface area (Å²) in [6.45, 7) is 2.87. The van der Waals surface area contributed by atoms with Crippen molar-refractivity contribution in [2.24, 2.45) is 0 Å². The standard InChI is InChI=1S/C18H21ClN2O3S/c1-4-21(13-14-6-5-7-16(19)12-14)18(22)15-8-10-17(11-9-15)25(23,24)20(2)3/h5-12H,4,13H2,1-3H3. The molecule has 25 heavy (non-hydrogen) atoms. The van der Waals surface area contributed by atoms with Crippen LogP contribution in [-0.4, -0.2) is 44.2 Å². The highest BCUT2D eigenvalue weighted by Gasteiger charge is 2.19. The molecule has 0 N–H and O–H groups in total. The summed E-state index contributed by atoms with van der Waals surface area (Å²) in [6.07, 6.45) is 0. The average Bonchev–Trinajstić information content (AvgIpc) is 2.59. The van der Waals surface area contributed by atoms with Crippen molar-refractivity contribution in [2.45, 2.75) is 18.4 Å². The van der Waals surface area contributed by atoms with Gasteiger partial charge in [0.1, 0.15) is 0 Å². The molecule has 5 nitrogen and oxygen atoms in total. The minimum absolute atomic E-state index is 0.156. The van der Waals surface area contributed by atoms with Gasteiger partial charge >= 0.3 is 0 Å². The van der Waals surface area contributed by atoms with Crippen LogP contribution in [0.15, 0.2) is 53.4 Å². The number of carbonyl (C=O) groups excluding carboxylic acids is 1. The minimum atomic E-state index is -3.50. The maximum Gasteiger partial charge on any atom is 0.254 e. The number of hydrogen-bond acceptors (Lipinski definition) is 3. The molecule has 0 fully saturated rings. The molecule has 7 heteroatoms. The number of halogens is 1. The molecule has 0 heterocycles. The molecular formula is C18H21ClN2O3S. The van der Waals surface area contributed by atoms with Gasteiger partial charge in [0.15, 0.2) is 0 Å². The number of benzene rings is 2. The molecule has 1 amide bonds. The van der Waals surface area contributed by atoms with Gasteiger partial charge in [0, 0.05) is 37.8 Å². The van der Waals surface area contributed by atoms with Crippen LogP contribution in [0.25, 0.3) is 0 Å². The summed E-state index contributed by atoms with van der Waals surface area (Å²) in [5.74, 6) is -0.156. The van der Waals surface area contributed by atoms with Crippen LogP contribution in [0.5, 0.6) is 0 Å². The predicted octanol–water partition coefficient (Wildman–Crippen LogP) is 3.25. The van der Waals surface area contributed by atoms with Crippen LogP contribution in [0.2, 0.25) is 5.02 Å². The lowest BCUT2D eigenvalue weighted by atomic mass is 10.1. The van der Waals surface area contributed by atoms with Crippen molar-refractivity contribution in [3.05, 3.63) is 64.7 Å². The van der Waals surface area contributed by atoms with E-state index in [1.54, 1.807) is 23.1 Å². The van der Waals surface area contributed by atoms with Crippen molar-refractivity contribution in [1.29, 1.82) is 0 Å². The molecular weight excluding hydrogens is 360 g/mol. The van der Waals surface area contributed by atoms with Gasteiger partial charge in [0.25, 0.3) is 5.91 Å². The van der Waals surface area contributed by atoms with E-state index in [0.29, 0.717) is 23.7 Å². The third-order valence-corrected chi connectivity index (χ3v) is 5.88. The molecule has 2 aromatic rings. The SMILES string of the molecule is CCN(Cc1cccc(Cl)c1)C(=O)c1ccc(S(=O)(=O)N(C)C)cc1. The van der Waals surface area contributed by atoms with Gasteiger partial charge in [0.2, 0.25) is 10.0 Å². The van der Waals surface area contributed by atoms with Crippen LogP contribution >= 0.6 is 11.6 Å². The fourth-order valence-electron chi connectivity index (χ4n) is 2.35. The van der Waals surface area contributed by atoms with E-state index in [4.69, 9.17) is 11.6 Å². The van der Waals surface area contributed by atoms with Crippen molar-refractivity contribution >= 4 is 27.5 Å². The molecule has 0 atom stereocenters. The topological polar surface area (TPSA) is 57.7 Å². The molecule has 0 saturated carbocycles. The van der Waals surface area contributed by atoms with Crippen LogP contribution < -0.4 is 0 Å². The first-order chi connectivity index (χ1) is 11.8. The number of sulfonamides is 1. The molecule has 0 aliphatic rings. The Hall–Kier alpha value is -1.89. The second kappa shape index (κ2) is 7.99. The van der Waals surface area contributed by atoms with E-state index >= 15 is 0 Å². The highest BCUT2D eigenvalue weighted by molar-refractivity contribution is 7.89. The van der Waals surface area contributed by atoms with Crippen LogP contribution in [0, 0.1) is 0 Å². The summed E-state index contributed by atoms with van der Waals surface area (Å²) < 4.78 is 25.3. The fraction of sp³-hybridized carbons (Fsp3) is 0.278. The minimum Gasteiger partial charge on any atom is -0.335 e. The zero-order valence-electron chi connectivity index (χ0n) is 14.4. The summed E-state index contributed by atoms with van der Waals surface area (Å²) in [4.78, 5) is 14.5. The summed E-state index contributed by atoms with van der Waals surface area (Å²) in [5, 5.41) is 0.624. The lowest BCUT2D eigenvalue weighted by Gasteiger charge is -2.21. The van der Waals surface area contributed by atoms with E-state index in [0.717, 1.165) is 9.87 Å². The first kappa shape index (κ1) is 19.4. The molecule has 0 aliphatic heterocycles. The van der Waals surface area contributed by atoms with Crippen LogP contribution in [0.1, 0.15) is 22.8 Å². The Morgan fingerprint density at radius 3 is 2.24 bits per heavy atom. The van der Waals surface area contributed by atoms with Gasteiger partial charge in [-0.3, -0.25) is 4.79 Å². The third-order valence-electron chi connectivity index (χ3n) is 3.81. The quantitative estimate of drug-likeness (QED) is 0.772. The van der Waals surface area contributed by atoms with Crippen LogP contribution in [-0.2, 0) is 16.6 Å². The van der Waals surface area contributed by atoms with Crippen molar-refractivity contribution in [3.8, 4) is 0 Å². The van der Waals surface area contributed by atoms with E-state index in [-0.39, 0.29) is 10.8 Å². The molecule has 0 aliphatic carbocycles. The van der Waals surface area contributed by atoms with Crippen molar-refractivity contribution in [2.75, 3.05) is 20.6 Å². The largest absolute Gasteiger partial charge is 0.335 e. The van der Waals surface area contributed by atoms with E-state index < -0.39 is 10.0 Å². The molecule has 0 aromatic heterocycles. The summed E-state index contributed by atoms with van der Waals surface area (Å²) in [7, 11) is -0.564. The first-order valence-electron chi connectivity index (χ1n) is 7.82. The van der Waals surface area contributed by atoms with Gasteiger partial charge in [-0.25, -0.2) is 12.7 Å². The molecule has 0 unspecified atom stereocenters. The predicted molar refractivity (Wildman–Crippen MR) is 99.2 cm³/mol. The Kier molecular flexibility index (Phi) is 6.21. The molecule has 0 spiro atoms. The van der Waals surface area contributed by atoms with E-state index in [1.165, 1.54) is 26.2 Å². The normalized spacial score (nSPS) is 11.6. The lowest BCUT2D eigenvalue weighted by molar-refractivity contribution is 0.0752. The fourth-order valence-corrected chi connectivity index (χ4v) is 3.46. The van der Waals surface area contributed by atoms with Crippen molar-refractivity contribution in [1.82, 2.24) is 9.21 Å². The Labute approximate surface area is 153 Å². The maximum absolute atomic E-state index is 12.7. The zero-order chi connectivity index (χ0) is 18.6. The number of amides is 1. The van der Waals surface area contributed by atoms with Gasteiger partial charge in [-0.2, -0.15) is 0 Å². The van der Waals surface area contributed by atoms with Gasteiger partial charge in [-0.1, -0.05) is 23.7 Å². The monoisotopic (exact) mass is 380 g/mol. The van der Waals surface area contributed by atoms with E-state index in [2.05, 4.69) is 0 Å². The van der Waals surface area contributed by atoms with Crippen LogP contribution in [0.4, 0.5) is 0 Å². The van der Waals surface area contributed by atoms with Gasteiger partial charge in [-0.15, -0.1) is 0 Å². The molecule has 0 radical (unpaired) electrons. The Morgan fingerprint density at radius 2 is 1.72 bits per heavy atom. The summed E-state index contributed by atoms with van der Waals surface area (Å²) in [6, 6.07) is 13.4. The van der Waals surface area contributed by atoms with Crippen molar-refractivity contribution < 1.29 is 13.2 Å². The highest BCUT2D eigenvalue weighted by Crippen LogP contribution is 2.17. The average molecular weight is 381 g/mol. The molecule has 0 bridgehead atoms. The number of carbonyl (C=O) groups is 1. The number of hydrogen-bond donors (Lipinski definition) is 0. The maximum atomic E-state index is 12.7. The van der Waals surface area contributed by atoms with Crippen molar-refractivity contribution in [3.63, 3.8) is 0 Å². The zero-order valence-corrected chi connectivity index (χ0v) is 16.0. The number of rotatable bonds is 6. The Morgan fingerprint density at radius 1 is 1.08 bits per heavy atom. The molecule has 134 valence electrons. The Balaban J connectivity index is 2.20. The summed E-state index contributed by atoms with van der Waals surface area (Å²) in [5.41, 5.74) is 1.39. The lowest BCUT2D eigenvalue weighted by Crippen LogP contribution is -2.30.